The van der Waals surface area contributed by atoms with Gasteiger partial charge in [-0.15, -0.1) is 0 Å². The number of likely N-dealkylation sites (tertiary alicyclic amines) is 1. The van der Waals surface area contributed by atoms with Crippen molar-refractivity contribution in [3.63, 3.8) is 0 Å². The molecule has 1 amide bonds. The van der Waals surface area contributed by atoms with Crippen molar-refractivity contribution in [1.29, 1.82) is 0 Å². The molecule has 0 unspecified atom stereocenters. The first-order chi connectivity index (χ1) is 14.8. The number of aryl methyl sites for hydroxylation is 1. The molecule has 0 radical (unpaired) electrons. The molecule has 164 valence electrons. The third kappa shape index (κ3) is 4.41. The standard InChI is InChI=1S/C24H28N2O5/c1-15-6-8-16(9-7-15)22(27)20-21(18-14-17(30-4)10-11-19(18)31-5)26(13-12-25(2)3)24(29)23(20)28/h6-11,14,21,27H,12-13H2,1-5H3/b22-20+/t21-/m0/s1. The average molecular weight is 424 g/mol. The highest BCUT2D eigenvalue weighted by atomic mass is 16.5. The van der Waals surface area contributed by atoms with Gasteiger partial charge < -0.3 is 24.4 Å². The molecule has 0 saturated carbocycles. The molecule has 31 heavy (non-hydrogen) atoms. The first-order valence-electron chi connectivity index (χ1n) is 10.0. The van der Waals surface area contributed by atoms with Crippen molar-refractivity contribution in [2.75, 3.05) is 41.4 Å². The van der Waals surface area contributed by atoms with E-state index in [9.17, 15) is 14.7 Å². The van der Waals surface area contributed by atoms with Crippen LogP contribution < -0.4 is 9.47 Å². The van der Waals surface area contributed by atoms with Crippen molar-refractivity contribution in [3.8, 4) is 11.5 Å². The highest BCUT2D eigenvalue weighted by molar-refractivity contribution is 6.46. The molecule has 1 N–H and O–H groups in total. The maximum atomic E-state index is 13.1. The van der Waals surface area contributed by atoms with Crippen LogP contribution in [0.2, 0.25) is 0 Å². The lowest BCUT2D eigenvalue weighted by Gasteiger charge is -2.28. The van der Waals surface area contributed by atoms with Crippen LogP contribution in [0.25, 0.3) is 5.76 Å². The number of likely N-dealkylation sites (N-methyl/N-ethyl adjacent to an activating group) is 1. The van der Waals surface area contributed by atoms with Crippen LogP contribution in [0.3, 0.4) is 0 Å². The van der Waals surface area contributed by atoms with Crippen LogP contribution in [0, 0.1) is 6.92 Å². The molecule has 0 bridgehead atoms. The van der Waals surface area contributed by atoms with Gasteiger partial charge in [0.25, 0.3) is 11.7 Å². The van der Waals surface area contributed by atoms with E-state index in [1.807, 2.05) is 38.1 Å². The molecule has 1 aliphatic rings. The minimum Gasteiger partial charge on any atom is -0.507 e. The lowest BCUT2D eigenvalue weighted by Crippen LogP contribution is -2.35. The number of carbonyl (C=O) groups excluding carboxylic acids is 2. The highest BCUT2D eigenvalue weighted by Gasteiger charge is 2.47. The van der Waals surface area contributed by atoms with Crippen LogP contribution >= 0.6 is 0 Å². The van der Waals surface area contributed by atoms with Crippen molar-refractivity contribution < 1.29 is 24.2 Å². The minimum atomic E-state index is -0.800. The molecule has 7 nitrogen and oxygen atoms in total. The molecule has 1 atom stereocenters. The van der Waals surface area contributed by atoms with Gasteiger partial charge in [0.2, 0.25) is 0 Å². The Bertz CT molecular complexity index is 1010. The average Bonchev–Trinajstić information content (AvgIpc) is 3.01. The predicted molar refractivity (Wildman–Crippen MR) is 118 cm³/mol. The summed E-state index contributed by atoms with van der Waals surface area (Å²) < 4.78 is 10.9. The van der Waals surface area contributed by atoms with Gasteiger partial charge in [-0.3, -0.25) is 9.59 Å². The Balaban J connectivity index is 2.23. The molecule has 2 aromatic rings. The summed E-state index contributed by atoms with van der Waals surface area (Å²) in [5.41, 5.74) is 2.12. The van der Waals surface area contributed by atoms with Gasteiger partial charge in [0.15, 0.2) is 0 Å². The second-order valence-electron chi connectivity index (χ2n) is 7.77. The zero-order valence-corrected chi connectivity index (χ0v) is 18.5. The largest absolute Gasteiger partial charge is 0.507 e. The monoisotopic (exact) mass is 424 g/mol. The third-order valence-corrected chi connectivity index (χ3v) is 5.38. The normalized spacial score (nSPS) is 18.0. The molecule has 1 saturated heterocycles. The number of nitrogens with zero attached hydrogens (tertiary/aromatic N) is 2. The number of hydrogen-bond donors (Lipinski definition) is 1. The maximum Gasteiger partial charge on any atom is 0.295 e. The van der Waals surface area contributed by atoms with Crippen molar-refractivity contribution in [3.05, 3.63) is 64.7 Å². The lowest BCUT2D eigenvalue weighted by molar-refractivity contribution is -0.140. The summed E-state index contributed by atoms with van der Waals surface area (Å²) in [6.45, 7) is 2.80. The van der Waals surface area contributed by atoms with Gasteiger partial charge in [0, 0.05) is 24.2 Å². The van der Waals surface area contributed by atoms with Crippen molar-refractivity contribution in [2.45, 2.75) is 13.0 Å². The third-order valence-electron chi connectivity index (χ3n) is 5.38. The van der Waals surface area contributed by atoms with Crippen LogP contribution in [-0.4, -0.2) is 68.0 Å². The number of hydrogen-bond acceptors (Lipinski definition) is 6. The lowest BCUT2D eigenvalue weighted by atomic mass is 9.94. The summed E-state index contributed by atoms with van der Waals surface area (Å²) in [7, 11) is 6.85. The number of benzene rings is 2. The van der Waals surface area contributed by atoms with Gasteiger partial charge >= 0.3 is 0 Å². The number of Topliss-reactive ketones (excluding diaryl/α,β-unsaturated/α-hetero) is 1. The van der Waals surface area contributed by atoms with Crippen molar-refractivity contribution in [2.24, 2.45) is 0 Å². The summed E-state index contributed by atoms with van der Waals surface area (Å²) in [5, 5.41) is 11.1. The molecule has 2 aromatic carbocycles. The minimum absolute atomic E-state index is 0.0409. The molecular weight excluding hydrogens is 396 g/mol. The molecule has 0 aliphatic carbocycles. The topological polar surface area (TPSA) is 79.3 Å². The Morgan fingerprint density at radius 1 is 1.06 bits per heavy atom. The van der Waals surface area contributed by atoms with E-state index in [-0.39, 0.29) is 11.3 Å². The van der Waals surface area contributed by atoms with Gasteiger partial charge in [-0.05, 0) is 39.2 Å². The number of aliphatic hydroxyl groups is 1. The highest BCUT2D eigenvalue weighted by Crippen LogP contribution is 2.43. The van der Waals surface area contributed by atoms with E-state index < -0.39 is 17.7 Å². The number of amides is 1. The SMILES string of the molecule is COc1ccc(OC)c([C@H]2/C(=C(\O)c3ccc(C)cc3)C(=O)C(=O)N2CCN(C)C)c1. The molecule has 1 aliphatic heterocycles. The zero-order valence-electron chi connectivity index (χ0n) is 18.5. The van der Waals surface area contributed by atoms with Gasteiger partial charge in [-0.1, -0.05) is 29.8 Å². The summed E-state index contributed by atoms with van der Waals surface area (Å²) >= 11 is 0. The summed E-state index contributed by atoms with van der Waals surface area (Å²) in [5.74, 6) is -0.514. The fourth-order valence-electron chi connectivity index (χ4n) is 3.66. The fraction of sp³-hybridized carbons (Fsp3) is 0.333. The van der Waals surface area contributed by atoms with Crippen LogP contribution in [-0.2, 0) is 9.59 Å². The summed E-state index contributed by atoms with van der Waals surface area (Å²) in [6.07, 6.45) is 0. The molecule has 7 heteroatoms. The second kappa shape index (κ2) is 9.22. The number of ketones is 1. The summed E-state index contributed by atoms with van der Waals surface area (Å²) in [4.78, 5) is 29.5. The summed E-state index contributed by atoms with van der Waals surface area (Å²) in [6, 6.07) is 11.6. The van der Waals surface area contributed by atoms with Gasteiger partial charge in [0.05, 0.1) is 25.8 Å². The van der Waals surface area contributed by atoms with Crippen molar-refractivity contribution in [1.82, 2.24) is 9.80 Å². The molecule has 1 heterocycles. The van der Waals surface area contributed by atoms with E-state index in [0.29, 0.717) is 35.7 Å². The number of ether oxygens (including phenoxy) is 2. The number of methoxy groups -OCH3 is 2. The quantitative estimate of drug-likeness (QED) is 0.418. The number of carbonyl (C=O) groups is 2. The Kier molecular flexibility index (Phi) is 6.65. The van der Waals surface area contributed by atoms with Gasteiger partial charge in [-0.25, -0.2) is 0 Å². The van der Waals surface area contributed by atoms with E-state index in [4.69, 9.17) is 9.47 Å². The second-order valence-corrected chi connectivity index (χ2v) is 7.77. The van der Waals surface area contributed by atoms with E-state index >= 15 is 0 Å². The molecule has 0 aromatic heterocycles. The van der Waals surface area contributed by atoms with Gasteiger partial charge in [0.1, 0.15) is 17.3 Å². The number of rotatable bonds is 7. The Hall–Kier alpha value is -3.32. The fourth-order valence-corrected chi connectivity index (χ4v) is 3.66. The number of aliphatic hydroxyl groups excluding tert-OH is 1. The molecular formula is C24H28N2O5. The van der Waals surface area contributed by atoms with Gasteiger partial charge in [-0.2, -0.15) is 0 Å². The Morgan fingerprint density at radius 3 is 2.32 bits per heavy atom. The van der Waals surface area contributed by atoms with Crippen LogP contribution in [0.15, 0.2) is 48.0 Å². The Labute approximate surface area is 182 Å². The first-order valence-corrected chi connectivity index (χ1v) is 10.0. The van der Waals surface area contributed by atoms with Crippen LogP contribution in [0.5, 0.6) is 11.5 Å². The molecule has 3 rings (SSSR count). The van der Waals surface area contributed by atoms with Crippen molar-refractivity contribution >= 4 is 17.4 Å². The first kappa shape index (κ1) is 22.4. The van der Waals surface area contributed by atoms with E-state index in [1.54, 1.807) is 37.4 Å². The Morgan fingerprint density at radius 2 is 1.74 bits per heavy atom. The molecule has 1 fully saturated rings. The molecule has 0 spiro atoms. The maximum absolute atomic E-state index is 13.1. The van der Waals surface area contributed by atoms with Crippen LogP contribution in [0.4, 0.5) is 0 Å². The van der Waals surface area contributed by atoms with Crippen LogP contribution in [0.1, 0.15) is 22.7 Å². The smallest absolute Gasteiger partial charge is 0.295 e. The zero-order chi connectivity index (χ0) is 22.7. The van der Waals surface area contributed by atoms with E-state index in [2.05, 4.69) is 0 Å². The van der Waals surface area contributed by atoms with E-state index in [0.717, 1.165) is 5.56 Å². The predicted octanol–water partition coefficient (Wildman–Crippen LogP) is 3.00. The van der Waals surface area contributed by atoms with E-state index in [1.165, 1.54) is 12.0 Å².